The third-order valence-electron chi connectivity index (χ3n) is 2.53. The standard InChI is InChI=1S/C14H24N2OS/c1-11(2)18-14-6-4-12(5-7-14)8-16(3)9-13(15)10-17/h4-7,11,13,17H,8-10,15H2,1-3H3. The topological polar surface area (TPSA) is 49.5 Å². The molecule has 0 aliphatic carbocycles. The number of hydrogen-bond donors (Lipinski definition) is 2. The first kappa shape index (κ1) is 15.5. The van der Waals surface area contributed by atoms with Crippen LogP contribution in [0.4, 0.5) is 0 Å². The SMILES string of the molecule is CC(C)Sc1ccc(CN(C)CC(N)CO)cc1. The average Bonchev–Trinajstić information content (AvgIpc) is 2.30. The van der Waals surface area contributed by atoms with E-state index in [0.717, 1.165) is 6.54 Å². The third-order valence-corrected chi connectivity index (χ3v) is 3.54. The molecule has 3 N–H and O–H groups in total. The highest BCUT2D eigenvalue weighted by molar-refractivity contribution is 7.99. The van der Waals surface area contributed by atoms with E-state index in [9.17, 15) is 0 Å². The molecule has 1 aromatic carbocycles. The van der Waals surface area contributed by atoms with Gasteiger partial charge in [0, 0.05) is 29.3 Å². The number of nitrogens with two attached hydrogens (primary N) is 1. The molecule has 1 aromatic rings. The number of likely N-dealkylation sites (N-methyl/N-ethyl adjacent to an activating group) is 1. The van der Waals surface area contributed by atoms with Gasteiger partial charge in [0.15, 0.2) is 0 Å². The van der Waals surface area contributed by atoms with E-state index < -0.39 is 0 Å². The Kier molecular flexibility index (Phi) is 6.71. The molecule has 0 aliphatic rings. The van der Waals surface area contributed by atoms with Crippen molar-refractivity contribution in [2.45, 2.75) is 36.6 Å². The van der Waals surface area contributed by atoms with E-state index >= 15 is 0 Å². The van der Waals surface area contributed by atoms with E-state index in [1.54, 1.807) is 0 Å². The summed E-state index contributed by atoms with van der Waals surface area (Å²) in [7, 11) is 2.02. The Morgan fingerprint density at radius 3 is 2.39 bits per heavy atom. The van der Waals surface area contributed by atoms with Crippen LogP contribution in [0.25, 0.3) is 0 Å². The molecule has 1 unspecified atom stereocenters. The minimum atomic E-state index is -0.161. The molecule has 0 saturated heterocycles. The van der Waals surface area contributed by atoms with Gasteiger partial charge in [0.25, 0.3) is 0 Å². The fourth-order valence-corrected chi connectivity index (χ4v) is 2.62. The number of benzene rings is 1. The van der Waals surface area contributed by atoms with Crippen molar-refractivity contribution in [3.8, 4) is 0 Å². The van der Waals surface area contributed by atoms with Gasteiger partial charge in [-0.05, 0) is 24.7 Å². The summed E-state index contributed by atoms with van der Waals surface area (Å²) in [4.78, 5) is 3.44. The zero-order valence-corrected chi connectivity index (χ0v) is 12.3. The van der Waals surface area contributed by atoms with Gasteiger partial charge in [-0.25, -0.2) is 0 Å². The lowest BCUT2D eigenvalue weighted by Gasteiger charge is -2.20. The fourth-order valence-electron chi connectivity index (χ4n) is 1.78. The van der Waals surface area contributed by atoms with Crippen molar-refractivity contribution in [1.82, 2.24) is 4.90 Å². The van der Waals surface area contributed by atoms with Gasteiger partial charge in [0.1, 0.15) is 0 Å². The lowest BCUT2D eigenvalue weighted by Crippen LogP contribution is -2.37. The van der Waals surface area contributed by atoms with Crippen LogP contribution in [0.15, 0.2) is 29.2 Å². The van der Waals surface area contributed by atoms with Crippen LogP contribution in [-0.2, 0) is 6.54 Å². The van der Waals surface area contributed by atoms with Crippen LogP contribution in [0.3, 0.4) is 0 Å². The van der Waals surface area contributed by atoms with Crippen LogP contribution >= 0.6 is 11.8 Å². The Bertz CT molecular complexity index is 340. The minimum absolute atomic E-state index is 0.0360. The molecule has 0 heterocycles. The maximum absolute atomic E-state index is 8.92. The smallest absolute Gasteiger partial charge is 0.0595 e. The largest absolute Gasteiger partial charge is 0.395 e. The zero-order chi connectivity index (χ0) is 13.5. The highest BCUT2D eigenvalue weighted by Gasteiger charge is 2.06. The molecule has 102 valence electrons. The molecular formula is C14H24N2OS. The number of nitrogens with zero attached hydrogens (tertiary/aromatic N) is 1. The normalized spacial score (nSPS) is 13.3. The van der Waals surface area contributed by atoms with E-state index in [1.807, 2.05) is 18.8 Å². The van der Waals surface area contributed by atoms with Crippen LogP contribution in [-0.4, -0.2) is 41.5 Å². The molecule has 0 bridgehead atoms. The Hall–Kier alpha value is -0.550. The molecule has 3 nitrogen and oxygen atoms in total. The number of aliphatic hydroxyl groups is 1. The molecule has 0 amide bonds. The number of hydrogen-bond acceptors (Lipinski definition) is 4. The number of thioether (sulfide) groups is 1. The van der Waals surface area contributed by atoms with Gasteiger partial charge >= 0.3 is 0 Å². The van der Waals surface area contributed by atoms with Crippen LogP contribution in [0.2, 0.25) is 0 Å². The molecule has 0 spiro atoms. The van der Waals surface area contributed by atoms with E-state index in [-0.39, 0.29) is 12.6 Å². The quantitative estimate of drug-likeness (QED) is 0.742. The van der Waals surface area contributed by atoms with Crippen molar-refractivity contribution in [3.63, 3.8) is 0 Å². The first-order chi connectivity index (χ1) is 8.51. The van der Waals surface area contributed by atoms with Gasteiger partial charge in [-0.1, -0.05) is 26.0 Å². The highest BCUT2D eigenvalue weighted by atomic mass is 32.2. The van der Waals surface area contributed by atoms with Gasteiger partial charge < -0.3 is 15.7 Å². The maximum Gasteiger partial charge on any atom is 0.0595 e. The van der Waals surface area contributed by atoms with Gasteiger partial charge in [-0.15, -0.1) is 11.8 Å². The monoisotopic (exact) mass is 268 g/mol. The Labute approximate surface area is 114 Å². The number of aliphatic hydroxyl groups excluding tert-OH is 1. The summed E-state index contributed by atoms with van der Waals surface area (Å²) >= 11 is 1.87. The van der Waals surface area contributed by atoms with Crippen molar-refractivity contribution in [2.24, 2.45) is 5.73 Å². The minimum Gasteiger partial charge on any atom is -0.395 e. The predicted molar refractivity (Wildman–Crippen MR) is 78.8 cm³/mol. The lowest BCUT2D eigenvalue weighted by atomic mass is 10.2. The van der Waals surface area contributed by atoms with Crippen LogP contribution in [0, 0.1) is 0 Å². The summed E-state index contributed by atoms with van der Waals surface area (Å²) in [5.41, 5.74) is 6.99. The predicted octanol–water partition coefficient (Wildman–Crippen LogP) is 1.94. The lowest BCUT2D eigenvalue weighted by molar-refractivity contribution is 0.218. The van der Waals surface area contributed by atoms with Crippen molar-refractivity contribution in [2.75, 3.05) is 20.2 Å². The second-order valence-electron chi connectivity index (χ2n) is 4.95. The summed E-state index contributed by atoms with van der Waals surface area (Å²) in [6.45, 7) is 6.00. The Balaban J connectivity index is 2.47. The molecule has 4 heteroatoms. The van der Waals surface area contributed by atoms with E-state index in [2.05, 4.69) is 43.0 Å². The van der Waals surface area contributed by atoms with E-state index in [1.165, 1.54) is 10.5 Å². The molecule has 0 fully saturated rings. The van der Waals surface area contributed by atoms with E-state index in [0.29, 0.717) is 11.8 Å². The van der Waals surface area contributed by atoms with Crippen molar-refractivity contribution in [3.05, 3.63) is 29.8 Å². The van der Waals surface area contributed by atoms with Crippen molar-refractivity contribution in [1.29, 1.82) is 0 Å². The van der Waals surface area contributed by atoms with Gasteiger partial charge in [0.05, 0.1) is 6.61 Å². The van der Waals surface area contributed by atoms with Gasteiger partial charge in [-0.2, -0.15) is 0 Å². The second kappa shape index (κ2) is 7.79. The molecule has 0 aromatic heterocycles. The van der Waals surface area contributed by atoms with E-state index in [4.69, 9.17) is 10.8 Å². The Morgan fingerprint density at radius 2 is 1.89 bits per heavy atom. The molecule has 0 radical (unpaired) electrons. The summed E-state index contributed by atoms with van der Waals surface area (Å²) in [6.07, 6.45) is 0. The molecule has 1 atom stereocenters. The second-order valence-corrected chi connectivity index (χ2v) is 6.60. The Morgan fingerprint density at radius 1 is 1.28 bits per heavy atom. The summed E-state index contributed by atoms with van der Waals surface area (Å²) < 4.78 is 0. The fraction of sp³-hybridized carbons (Fsp3) is 0.571. The van der Waals surface area contributed by atoms with Crippen LogP contribution in [0.1, 0.15) is 19.4 Å². The van der Waals surface area contributed by atoms with Gasteiger partial charge in [-0.3, -0.25) is 0 Å². The third kappa shape index (κ3) is 5.87. The van der Waals surface area contributed by atoms with Crippen molar-refractivity contribution < 1.29 is 5.11 Å². The highest BCUT2D eigenvalue weighted by Crippen LogP contribution is 2.23. The van der Waals surface area contributed by atoms with Crippen LogP contribution in [0.5, 0.6) is 0 Å². The maximum atomic E-state index is 8.92. The summed E-state index contributed by atoms with van der Waals surface area (Å²) in [5, 5.41) is 9.53. The van der Waals surface area contributed by atoms with Crippen molar-refractivity contribution >= 4 is 11.8 Å². The number of rotatable bonds is 7. The summed E-state index contributed by atoms with van der Waals surface area (Å²) in [5.74, 6) is 0. The first-order valence-corrected chi connectivity index (χ1v) is 7.19. The molecule has 18 heavy (non-hydrogen) atoms. The van der Waals surface area contributed by atoms with Gasteiger partial charge in [0.2, 0.25) is 0 Å². The first-order valence-electron chi connectivity index (χ1n) is 6.32. The van der Waals surface area contributed by atoms with Crippen LogP contribution < -0.4 is 5.73 Å². The average molecular weight is 268 g/mol. The summed E-state index contributed by atoms with van der Waals surface area (Å²) in [6, 6.07) is 8.49. The molecular weight excluding hydrogens is 244 g/mol. The molecule has 0 aliphatic heterocycles. The molecule has 1 rings (SSSR count). The molecule has 0 saturated carbocycles. The zero-order valence-electron chi connectivity index (χ0n) is 11.5.